The maximum Gasteiger partial charge on any atom is 0.321 e. The number of urea groups is 1. The lowest BCUT2D eigenvalue weighted by molar-refractivity contribution is 0.0913. The van der Waals surface area contributed by atoms with Gasteiger partial charge in [-0.3, -0.25) is 10.2 Å². The molecule has 1 fully saturated rings. The van der Waals surface area contributed by atoms with Crippen LogP contribution in [0, 0.1) is 0 Å². The predicted molar refractivity (Wildman–Crippen MR) is 97.4 cm³/mol. The predicted octanol–water partition coefficient (Wildman–Crippen LogP) is 2.25. The van der Waals surface area contributed by atoms with Crippen LogP contribution in [0.1, 0.15) is 11.6 Å². The normalized spacial score (nSPS) is 19.1. The number of benzene rings is 1. The topological polar surface area (TPSA) is 60.5 Å². The molecule has 0 spiro atoms. The van der Waals surface area contributed by atoms with Gasteiger partial charge in [0.25, 0.3) is 0 Å². The van der Waals surface area contributed by atoms with Crippen LogP contribution in [0.5, 0.6) is 0 Å². The summed E-state index contributed by atoms with van der Waals surface area (Å²) in [6.07, 6.45) is 1.68. The molecule has 1 aromatic heterocycles. The maximum absolute atomic E-state index is 11.9. The van der Waals surface area contributed by atoms with Crippen molar-refractivity contribution >= 4 is 22.5 Å². The highest BCUT2D eigenvalue weighted by molar-refractivity contribution is 7.13. The Bertz CT molecular complexity index is 634. The van der Waals surface area contributed by atoms with Gasteiger partial charge in [-0.25, -0.2) is 9.78 Å². The molecule has 2 N–H and O–H groups in total. The Balaban J connectivity index is 1.51. The Hall–Kier alpha value is -1.96. The highest BCUT2D eigenvalue weighted by Crippen LogP contribution is 2.24. The van der Waals surface area contributed by atoms with E-state index in [0.29, 0.717) is 17.7 Å². The summed E-state index contributed by atoms with van der Waals surface area (Å²) in [4.78, 5) is 20.7. The molecule has 2 heterocycles. The number of aromatic nitrogens is 1. The molecule has 0 radical (unpaired) electrons. The second kappa shape index (κ2) is 8.23. The Kier molecular flexibility index (Phi) is 5.79. The first-order valence-corrected chi connectivity index (χ1v) is 9.02. The molecule has 1 atom stereocenters. The van der Waals surface area contributed by atoms with Crippen molar-refractivity contribution in [1.82, 2.24) is 20.1 Å². The summed E-state index contributed by atoms with van der Waals surface area (Å²) in [7, 11) is 2.16. The van der Waals surface area contributed by atoms with E-state index in [1.807, 2.05) is 11.4 Å². The minimum Gasteiger partial charge on any atom is -0.337 e. The summed E-state index contributed by atoms with van der Waals surface area (Å²) in [6.45, 7) is 4.51. The van der Waals surface area contributed by atoms with Gasteiger partial charge in [0, 0.05) is 50.3 Å². The van der Waals surface area contributed by atoms with E-state index in [4.69, 9.17) is 0 Å². The van der Waals surface area contributed by atoms with Crippen LogP contribution in [0.15, 0.2) is 41.9 Å². The number of thiazole rings is 1. The lowest BCUT2D eigenvalue weighted by atomic mass is 10.0. The third-order valence-electron chi connectivity index (χ3n) is 4.22. The van der Waals surface area contributed by atoms with Crippen molar-refractivity contribution < 1.29 is 4.79 Å². The third kappa shape index (κ3) is 4.53. The van der Waals surface area contributed by atoms with Gasteiger partial charge in [-0.2, -0.15) is 0 Å². The fourth-order valence-corrected chi connectivity index (χ4v) is 3.48. The highest BCUT2D eigenvalue weighted by Gasteiger charge is 2.26. The number of anilines is 1. The first-order chi connectivity index (χ1) is 11.7. The second-order valence-electron chi connectivity index (χ2n) is 5.94. The molecule has 0 bridgehead atoms. The molecule has 6 nitrogen and oxygen atoms in total. The van der Waals surface area contributed by atoms with Crippen molar-refractivity contribution in [3.63, 3.8) is 0 Å². The van der Waals surface area contributed by atoms with E-state index in [9.17, 15) is 4.79 Å². The number of likely N-dealkylation sites (N-methyl/N-ethyl adjacent to an activating group) is 1. The van der Waals surface area contributed by atoms with Crippen LogP contribution >= 0.6 is 11.3 Å². The number of hydrogen-bond acceptors (Lipinski definition) is 5. The third-order valence-corrected chi connectivity index (χ3v) is 4.90. The van der Waals surface area contributed by atoms with E-state index < -0.39 is 0 Å². The molecule has 0 saturated carbocycles. The van der Waals surface area contributed by atoms with Gasteiger partial charge in [0.2, 0.25) is 0 Å². The van der Waals surface area contributed by atoms with Gasteiger partial charge < -0.3 is 10.2 Å². The number of rotatable bonds is 5. The van der Waals surface area contributed by atoms with E-state index in [1.54, 1.807) is 6.20 Å². The van der Waals surface area contributed by atoms with E-state index in [2.05, 4.69) is 56.7 Å². The molecule has 24 heavy (non-hydrogen) atoms. The Morgan fingerprint density at radius 1 is 1.33 bits per heavy atom. The molecule has 1 saturated heterocycles. The molecule has 2 amide bonds. The number of carbonyl (C=O) groups is 1. The number of carbonyl (C=O) groups excluding carboxylic acids is 1. The zero-order chi connectivity index (χ0) is 16.8. The van der Waals surface area contributed by atoms with Crippen molar-refractivity contribution in [2.75, 3.05) is 45.1 Å². The van der Waals surface area contributed by atoms with Crippen molar-refractivity contribution in [3.8, 4) is 0 Å². The molecule has 128 valence electrons. The van der Waals surface area contributed by atoms with Crippen molar-refractivity contribution in [2.45, 2.75) is 6.04 Å². The number of amides is 2. The molecule has 1 aliphatic rings. The average Bonchev–Trinajstić information content (AvgIpc) is 3.10. The zero-order valence-corrected chi connectivity index (χ0v) is 14.6. The molecule has 2 aromatic rings. The maximum atomic E-state index is 11.9. The molecular formula is C17H23N5OS. The molecular weight excluding hydrogens is 322 g/mol. The highest BCUT2D eigenvalue weighted by atomic mass is 32.1. The Labute approximate surface area is 146 Å². The summed E-state index contributed by atoms with van der Waals surface area (Å²) in [5, 5.41) is 8.11. The lowest BCUT2D eigenvalue weighted by Crippen LogP contribution is -2.49. The van der Waals surface area contributed by atoms with E-state index in [0.717, 1.165) is 26.2 Å². The fraction of sp³-hybridized carbons (Fsp3) is 0.412. The van der Waals surface area contributed by atoms with Crippen LogP contribution in [0.4, 0.5) is 9.93 Å². The second-order valence-corrected chi connectivity index (χ2v) is 6.84. The van der Waals surface area contributed by atoms with Crippen LogP contribution < -0.4 is 10.6 Å². The summed E-state index contributed by atoms with van der Waals surface area (Å²) in [5.41, 5.74) is 1.33. The Morgan fingerprint density at radius 2 is 2.17 bits per heavy atom. The van der Waals surface area contributed by atoms with Crippen LogP contribution in [0.3, 0.4) is 0 Å². The van der Waals surface area contributed by atoms with Gasteiger partial charge >= 0.3 is 6.03 Å². The minimum absolute atomic E-state index is 0.199. The van der Waals surface area contributed by atoms with Crippen molar-refractivity contribution in [2.24, 2.45) is 0 Å². The van der Waals surface area contributed by atoms with Gasteiger partial charge in [-0.15, -0.1) is 11.3 Å². The number of hydrogen-bond donors (Lipinski definition) is 2. The Morgan fingerprint density at radius 3 is 2.92 bits per heavy atom. The number of nitrogens with one attached hydrogen (secondary N) is 2. The van der Waals surface area contributed by atoms with Crippen molar-refractivity contribution in [1.29, 1.82) is 0 Å². The van der Waals surface area contributed by atoms with E-state index in [-0.39, 0.29) is 6.03 Å². The molecule has 0 unspecified atom stereocenters. The molecule has 3 rings (SSSR count). The van der Waals surface area contributed by atoms with Crippen LogP contribution in [-0.4, -0.2) is 60.6 Å². The number of nitrogens with zero attached hydrogens (tertiary/aromatic N) is 3. The summed E-state index contributed by atoms with van der Waals surface area (Å²) >= 11 is 1.41. The van der Waals surface area contributed by atoms with Gasteiger partial charge in [0.05, 0.1) is 0 Å². The SMILES string of the molecule is CN1CCN(CCNC(=O)Nc2nccs2)[C@@H](c2ccccc2)C1. The quantitative estimate of drug-likeness (QED) is 0.873. The summed E-state index contributed by atoms with van der Waals surface area (Å²) in [6, 6.07) is 10.7. The molecule has 1 aromatic carbocycles. The van der Waals surface area contributed by atoms with Gasteiger partial charge in [0.15, 0.2) is 5.13 Å². The van der Waals surface area contributed by atoms with Crippen molar-refractivity contribution in [3.05, 3.63) is 47.5 Å². The summed E-state index contributed by atoms with van der Waals surface area (Å²) < 4.78 is 0. The smallest absolute Gasteiger partial charge is 0.321 e. The zero-order valence-electron chi connectivity index (χ0n) is 13.8. The van der Waals surface area contributed by atoms with Crippen LogP contribution in [0.25, 0.3) is 0 Å². The lowest BCUT2D eigenvalue weighted by Gasteiger charge is -2.40. The monoisotopic (exact) mass is 345 g/mol. The fourth-order valence-electron chi connectivity index (χ4n) is 2.96. The molecule has 7 heteroatoms. The van der Waals surface area contributed by atoms with E-state index in [1.165, 1.54) is 16.9 Å². The first-order valence-electron chi connectivity index (χ1n) is 8.14. The molecule has 1 aliphatic heterocycles. The van der Waals surface area contributed by atoms with Crippen LogP contribution in [-0.2, 0) is 0 Å². The standard InChI is InChI=1S/C17H23N5OS/c1-21-10-11-22(15(13-21)14-5-3-2-4-6-14)9-7-18-16(23)20-17-19-8-12-24-17/h2-6,8,12,15H,7,9-11,13H2,1H3,(H2,18,19,20,23)/t15-/m1/s1. The van der Waals surface area contributed by atoms with Gasteiger partial charge in [-0.1, -0.05) is 30.3 Å². The van der Waals surface area contributed by atoms with Crippen LogP contribution in [0.2, 0.25) is 0 Å². The largest absolute Gasteiger partial charge is 0.337 e. The molecule has 0 aliphatic carbocycles. The van der Waals surface area contributed by atoms with E-state index >= 15 is 0 Å². The minimum atomic E-state index is -0.199. The van der Waals surface area contributed by atoms with Gasteiger partial charge in [0.1, 0.15) is 0 Å². The number of piperazine rings is 1. The van der Waals surface area contributed by atoms with Gasteiger partial charge in [-0.05, 0) is 12.6 Å². The average molecular weight is 345 g/mol. The summed E-state index contributed by atoms with van der Waals surface area (Å²) in [5.74, 6) is 0. The first kappa shape index (κ1) is 16.9.